The van der Waals surface area contributed by atoms with E-state index in [2.05, 4.69) is 0 Å². The van der Waals surface area contributed by atoms with E-state index in [1.807, 2.05) is 43.3 Å². The number of hydrogen-bond donors (Lipinski definition) is 0. The van der Waals surface area contributed by atoms with Gasteiger partial charge in [0, 0.05) is 5.56 Å². The molecule has 0 radical (unpaired) electrons. The van der Waals surface area contributed by atoms with Crippen molar-refractivity contribution in [3.8, 4) is 5.75 Å². The minimum atomic E-state index is -0.361. The fourth-order valence-electron chi connectivity index (χ4n) is 3.25. The molecule has 0 atom stereocenters. The fraction of sp³-hybridized carbons (Fsp3) is 0.130. The number of rotatable bonds is 5. The number of halogens is 1. The highest BCUT2D eigenvalue weighted by atomic mass is 32.2. The van der Waals surface area contributed by atoms with Gasteiger partial charge in [-0.15, -0.1) is 0 Å². The van der Waals surface area contributed by atoms with Crippen molar-refractivity contribution >= 4 is 39.8 Å². The van der Waals surface area contributed by atoms with Gasteiger partial charge in [-0.2, -0.15) is 0 Å². The van der Waals surface area contributed by atoms with Crippen LogP contribution in [0.2, 0.25) is 0 Å². The lowest BCUT2D eigenvalue weighted by molar-refractivity contribution is -0.123. The standard InChI is InChI=1S/C23H18FNO3S/c1-2-28-20-12-9-16-5-3-4-6-18(16)19(20)13-21-22(26)25(23(27)29-21)14-15-7-10-17(24)11-8-15/h3-13H,2,14H2,1H3/b21-13-. The van der Waals surface area contributed by atoms with Gasteiger partial charge in [-0.1, -0.05) is 42.5 Å². The van der Waals surface area contributed by atoms with E-state index in [9.17, 15) is 14.0 Å². The Labute approximate surface area is 172 Å². The van der Waals surface area contributed by atoms with Crippen LogP contribution in [0, 0.1) is 5.82 Å². The first kappa shape index (κ1) is 19.2. The van der Waals surface area contributed by atoms with E-state index in [1.54, 1.807) is 18.2 Å². The Morgan fingerprint density at radius 3 is 2.55 bits per heavy atom. The SMILES string of the molecule is CCOc1ccc2ccccc2c1/C=C1\SC(=O)N(Cc2ccc(F)cc2)C1=O. The molecule has 4 nitrogen and oxygen atoms in total. The molecule has 4 rings (SSSR count). The Hall–Kier alpha value is -3.12. The van der Waals surface area contributed by atoms with E-state index in [0.717, 1.165) is 28.1 Å². The average Bonchev–Trinajstić information content (AvgIpc) is 2.99. The first-order valence-electron chi connectivity index (χ1n) is 9.21. The van der Waals surface area contributed by atoms with E-state index >= 15 is 0 Å². The fourth-order valence-corrected chi connectivity index (χ4v) is 4.07. The molecular formula is C23H18FNO3S. The third kappa shape index (κ3) is 3.89. The largest absolute Gasteiger partial charge is 0.493 e. The van der Waals surface area contributed by atoms with Gasteiger partial charge in [0.15, 0.2) is 0 Å². The van der Waals surface area contributed by atoms with Crippen LogP contribution >= 0.6 is 11.8 Å². The van der Waals surface area contributed by atoms with E-state index in [-0.39, 0.29) is 23.5 Å². The second kappa shape index (κ2) is 8.09. The van der Waals surface area contributed by atoms with Gasteiger partial charge >= 0.3 is 0 Å². The van der Waals surface area contributed by atoms with Crippen molar-refractivity contribution in [2.45, 2.75) is 13.5 Å². The summed E-state index contributed by atoms with van der Waals surface area (Å²) in [5.41, 5.74) is 1.47. The summed E-state index contributed by atoms with van der Waals surface area (Å²) in [6, 6.07) is 17.4. The number of amides is 2. The second-order valence-electron chi connectivity index (χ2n) is 6.53. The summed E-state index contributed by atoms with van der Waals surface area (Å²) in [7, 11) is 0. The summed E-state index contributed by atoms with van der Waals surface area (Å²) in [5, 5.41) is 1.63. The highest BCUT2D eigenvalue weighted by molar-refractivity contribution is 8.18. The minimum absolute atomic E-state index is 0.107. The normalized spacial score (nSPS) is 15.5. The highest BCUT2D eigenvalue weighted by Crippen LogP contribution is 2.37. The van der Waals surface area contributed by atoms with Crippen molar-refractivity contribution in [1.82, 2.24) is 4.90 Å². The topological polar surface area (TPSA) is 46.6 Å². The van der Waals surface area contributed by atoms with Crippen LogP contribution in [0.25, 0.3) is 16.8 Å². The quantitative estimate of drug-likeness (QED) is 0.516. The lowest BCUT2D eigenvalue weighted by Gasteiger charge is -2.13. The number of thioether (sulfide) groups is 1. The summed E-state index contributed by atoms with van der Waals surface area (Å²) in [4.78, 5) is 26.9. The van der Waals surface area contributed by atoms with Gasteiger partial charge in [0.25, 0.3) is 11.1 Å². The van der Waals surface area contributed by atoms with E-state index in [4.69, 9.17) is 4.74 Å². The van der Waals surface area contributed by atoms with Crippen molar-refractivity contribution in [2.24, 2.45) is 0 Å². The van der Waals surface area contributed by atoms with Gasteiger partial charge in [0.1, 0.15) is 11.6 Å². The predicted octanol–water partition coefficient (Wildman–Crippen LogP) is 5.61. The summed E-state index contributed by atoms with van der Waals surface area (Å²) in [6.45, 7) is 2.50. The molecule has 0 aliphatic carbocycles. The molecule has 2 amide bonds. The molecule has 146 valence electrons. The van der Waals surface area contributed by atoms with Gasteiger partial charge in [0.2, 0.25) is 0 Å². The third-order valence-electron chi connectivity index (χ3n) is 4.63. The zero-order valence-electron chi connectivity index (χ0n) is 15.7. The van der Waals surface area contributed by atoms with Crippen molar-refractivity contribution in [3.63, 3.8) is 0 Å². The first-order valence-corrected chi connectivity index (χ1v) is 10.0. The van der Waals surface area contributed by atoms with Crippen LogP contribution in [-0.2, 0) is 11.3 Å². The Balaban J connectivity index is 1.70. The number of carbonyl (C=O) groups excluding carboxylic acids is 2. The molecule has 29 heavy (non-hydrogen) atoms. The summed E-state index contributed by atoms with van der Waals surface area (Å²) >= 11 is 0.903. The van der Waals surface area contributed by atoms with Crippen molar-refractivity contribution in [1.29, 1.82) is 0 Å². The lowest BCUT2D eigenvalue weighted by Crippen LogP contribution is -2.27. The summed E-state index contributed by atoms with van der Waals surface area (Å²) < 4.78 is 18.9. The maximum absolute atomic E-state index is 13.1. The molecule has 1 heterocycles. The molecule has 3 aromatic rings. The Kier molecular flexibility index (Phi) is 5.36. The van der Waals surface area contributed by atoms with Crippen molar-refractivity contribution in [3.05, 3.63) is 82.5 Å². The van der Waals surface area contributed by atoms with Crippen LogP contribution in [0.4, 0.5) is 9.18 Å². The first-order chi connectivity index (χ1) is 14.1. The molecule has 1 aliphatic rings. The lowest BCUT2D eigenvalue weighted by atomic mass is 10.0. The van der Waals surface area contributed by atoms with Crippen LogP contribution in [0.15, 0.2) is 65.6 Å². The van der Waals surface area contributed by atoms with Gasteiger partial charge in [-0.05, 0) is 59.3 Å². The van der Waals surface area contributed by atoms with E-state index in [1.165, 1.54) is 17.0 Å². The van der Waals surface area contributed by atoms with Crippen molar-refractivity contribution < 1.29 is 18.7 Å². The Morgan fingerprint density at radius 2 is 1.79 bits per heavy atom. The minimum Gasteiger partial charge on any atom is -0.493 e. The van der Waals surface area contributed by atoms with Crippen molar-refractivity contribution in [2.75, 3.05) is 6.61 Å². The van der Waals surface area contributed by atoms with Crippen LogP contribution in [0.1, 0.15) is 18.1 Å². The zero-order chi connectivity index (χ0) is 20.4. The monoisotopic (exact) mass is 407 g/mol. The third-order valence-corrected chi connectivity index (χ3v) is 5.54. The molecule has 0 spiro atoms. The number of carbonyl (C=O) groups is 2. The van der Waals surface area contributed by atoms with Crippen LogP contribution in [0.5, 0.6) is 5.75 Å². The zero-order valence-corrected chi connectivity index (χ0v) is 16.5. The van der Waals surface area contributed by atoms with E-state index < -0.39 is 0 Å². The molecule has 3 aromatic carbocycles. The van der Waals surface area contributed by atoms with Gasteiger partial charge in [-0.3, -0.25) is 14.5 Å². The van der Waals surface area contributed by atoms with Gasteiger partial charge in [-0.25, -0.2) is 4.39 Å². The van der Waals surface area contributed by atoms with Gasteiger partial charge < -0.3 is 4.74 Å². The molecular weight excluding hydrogens is 389 g/mol. The number of nitrogens with zero attached hydrogens (tertiary/aromatic N) is 1. The average molecular weight is 407 g/mol. The smallest absolute Gasteiger partial charge is 0.293 e. The molecule has 1 aliphatic heterocycles. The number of imide groups is 1. The molecule has 0 unspecified atom stereocenters. The number of hydrogen-bond acceptors (Lipinski definition) is 4. The molecule has 0 bridgehead atoms. The van der Waals surface area contributed by atoms with Crippen LogP contribution in [0.3, 0.4) is 0 Å². The molecule has 0 aromatic heterocycles. The molecule has 1 saturated heterocycles. The maximum Gasteiger partial charge on any atom is 0.293 e. The number of fused-ring (bicyclic) bond motifs is 1. The Morgan fingerprint density at radius 1 is 1.03 bits per heavy atom. The summed E-state index contributed by atoms with van der Waals surface area (Å²) in [6.07, 6.45) is 1.73. The van der Waals surface area contributed by atoms with Crippen LogP contribution in [-0.4, -0.2) is 22.7 Å². The molecule has 0 N–H and O–H groups in total. The number of benzene rings is 3. The maximum atomic E-state index is 13.1. The highest BCUT2D eigenvalue weighted by Gasteiger charge is 2.35. The second-order valence-corrected chi connectivity index (χ2v) is 7.52. The molecule has 6 heteroatoms. The molecule has 0 saturated carbocycles. The molecule has 1 fully saturated rings. The number of ether oxygens (including phenoxy) is 1. The summed E-state index contributed by atoms with van der Waals surface area (Å²) in [5.74, 6) is -0.0570. The Bertz CT molecular complexity index is 1120. The van der Waals surface area contributed by atoms with Gasteiger partial charge in [0.05, 0.1) is 18.1 Å². The van der Waals surface area contributed by atoms with Crippen LogP contribution < -0.4 is 4.74 Å². The predicted molar refractivity (Wildman–Crippen MR) is 113 cm³/mol. The van der Waals surface area contributed by atoms with E-state index in [0.29, 0.717) is 22.8 Å².